The first kappa shape index (κ1) is 12.4. The lowest BCUT2D eigenvalue weighted by Crippen LogP contribution is -2.12. The van der Waals surface area contributed by atoms with Crippen molar-refractivity contribution in [1.29, 1.82) is 0 Å². The van der Waals surface area contributed by atoms with Crippen LogP contribution >= 0.6 is 0 Å². The predicted octanol–water partition coefficient (Wildman–Crippen LogP) is 1.59. The maximum Gasteiger partial charge on any atom is 0.196 e. The number of nitrogens with one attached hydrogen (secondary N) is 2. The van der Waals surface area contributed by atoms with Crippen LogP contribution in [0.4, 0.5) is 5.82 Å². The Morgan fingerprint density at radius 3 is 2.56 bits per heavy atom. The molecule has 0 fully saturated rings. The molecule has 2 heterocycles. The second-order valence-corrected chi connectivity index (χ2v) is 4.54. The highest BCUT2D eigenvalue weighted by molar-refractivity contribution is 5.37. The molecule has 0 saturated heterocycles. The maximum absolute atomic E-state index is 4.47. The summed E-state index contributed by atoms with van der Waals surface area (Å²) in [6.07, 6.45) is 0. The van der Waals surface area contributed by atoms with Crippen molar-refractivity contribution in [3.63, 3.8) is 0 Å². The van der Waals surface area contributed by atoms with Crippen molar-refractivity contribution in [2.45, 2.75) is 39.7 Å². The number of hydrogen-bond acceptors (Lipinski definition) is 6. The molecular formula is C11H17N7. The third-order valence-corrected chi connectivity index (χ3v) is 2.50. The van der Waals surface area contributed by atoms with Gasteiger partial charge < -0.3 is 5.32 Å². The number of aromatic amines is 1. The smallest absolute Gasteiger partial charge is 0.196 e. The van der Waals surface area contributed by atoms with Crippen molar-refractivity contribution in [3.05, 3.63) is 23.4 Å². The van der Waals surface area contributed by atoms with E-state index in [-0.39, 0.29) is 6.04 Å². The van der Waals surface area contributed by atoms with Gasteiger partial charge in [-0.2, -0.15) is 5.21 Å². The number of nitrogens with zero attached hydrogens (tertiary/aromatic N) is 5. The quantitative estimate of drug-likeness (QED) is 0.852. The molecule has 7 heteroatoms. The number of anilines is 1. The fraction of sp³-hybridized carbons (Fsp3) is 0.545. The van der Waals surface area contributed by atoms with Gasteiger partial charge in [0.05, 0.1) is 6.04 Å². The summed E-state index contributed by atoms with van der Waals surface area (Å²) in [6, 6.07) is 1.85. The predicted molar refractivity (Wildman–Crippen MR) is 67.1 cm³/mol. The molecule has 2 rings (SSSR count). The highest BCUT2D eigenvalue weighted by Crippen LogP contribution is 2.17. The summed E-state index contributed by atoms with van der Waals surface area (Å²) < 4.78 is 0. The second kappa shape index (κ2) is 5.07. The highest BCUT2D eigenvalue weighted by Gasteiger charge is 2.12. The summed E-state index contributed by atoms with van der Waals surface area (Å²) in [6.45, 7) is 8.05. The lowest BCUT2D eigenvalue weighted by molar-refractivity contribution is 0.749. The van der Waals surface area contributed by atoms with E-state index in [1.54, 1.807) is 0 Å². The van der Waals surface area contributed by atoms with Crippen molar-refractivity contribution < 1.29 is 0 Å². The Labute approximate surface area is 105 Å². The first-order chi connectivity index (χ1) is 8.56. The molecular weight excluding hydrogens is 230 g/mol. The van der Waals surface area contributed by atoms with E-state index in [1.807, 2.05) is 19.9 Å². The van der Waals surface area contributed by atoms with E-state index in [0.29, 0.717) is 11.7 Å². The zero-order chi connectivity index (χ0) is 13.1. The number of aryl methyl sites for hydroxylation is 1. The summed E-state index contributed by atoms with van der Waals surface area (Å²) in [5.41, 5.74) is 0.941. The van der Waals surface area contributed by atoms with Gasteiger partial charge in [0.25, 0.3) is 0 Å². The second-order valence-electron chi connectivity index (χ2n) is 4.54. The molecule has 7 nitrogen and oxygen atoms in total. The van der Waals surface area contributed by atoms with Crippen LogP contribution in [-0.2, 0) is 0 Å². The average molecular weight is 247 g/mol. The van der Waals surface area contributed by atoms with Crippen LogP contribution in [0.25, 0.3) is 0 Å². The Balaban J connectivity index is 2.18. The molecule has 0 aromatic carbocycles. The number of H-pyrrole nitrogens is 1. The molecule has 96 valence electrons. The Morgan fingerprint density at radius 2 is 1.94 bits per heavy atom. The number of tetrazole rings is 1. The molecule has 0 amide bonds. The summed E-state index contributed by atoms with van der Waals surface area (Å²) in [5, 5.41) is 17.1. The summed E-state index contributed by atoms with van der Waals surface area (Å²) in [7, 11) is 0. The zero-order valence-electron chi connectivity index (χ0n) is 11.0. The van der Waals surface area contributed by atoms with Crippen LogP contribution in [0.1, 0.15) is 50.1 Å². The van der Waals surface area contributed by atoms with E-state index in [2.05, 4.69) is 49.8 Å². The number of rotatable bonds is 4. The molecule has 0 bridgehead atoms. The third kappa shape index (κ3) is 2.79. The first-order valence-corrected chi connectivity index (χ1v) is 5.91. The van der Waals surface area contributed by atoms with Gasteiger partial charge in [-0.25, -0.2) is 9.97 Å². The van der Waals surface area contributed by atoms with Gasteiger partial charge in [-0.15, -0.1) is 10.2 Å². The number of hydrogen-bond donors (Lipinski definition) is 2. The SMILES string of the molecule is Cc1cc(NC(C)c2nn[nH]n2)nc(C(C)C)n1. The Kier molecular flexibility index (Phi) is 3.50. The number of aromatic nitrogens is 6. The summed E-state index contributed by atoms with van der Waals surface area (Å²) in [5.74, 6) is 2.52. The van der Waals surface area contributed by atoms with Crippen LogP contribution in [-0.4, -0.2) is 30.6 Å². The summed E-state index contributed by atoms with van der Waals surface area (Å²) in [4.78, 5) is 8.88. The lowest BCUT2D eigenvalue weighted by atomic mass is 10.2. The fourth-order valence-corrected chi connectivity index (χ4v) is 1.56. The van der Waals surface area contributed by atoms with E-state index < -0.39 is 0 Å². The van der Waals surface area contributed by atoms with Gasteiger partial charge in [0.2, 0.25) is 0 Å². The van der Waals surface area contributed by atoms with Gasteiger partial charge in [0.1, 0.15) is 11.6 Å². The molecule has 0 aliphatic rings. The topological polar surface area (TPSA) is 92.3 Å². The Bertz CT molecular complexity index is 506. The van der Waals surface area contributed by atoms with Gasteiger partial charge in [-0.3, -0.25) is 0 Å². The molecule has 2 N–H and O–H groups in total. The van der Waals surface area contributed by atoms with Crippen molar-refractivity contribution >= 4 is 5.82 Å². The first-order valence-electron chi connectivity index (χ1n) is 5.91. The molecule has 0 aliphatic carbocycles. The fourth-order valence-electron chi connectivity index (χ4n) is 1.56. The molecule has 1 unspecified atom stereocenters. The van der Waals surface area contributed by atoms with Crippen LogP contribution < -0.4 is 5.32 Å². The maximum atomic E-state index is 4.47. The average Bonchev–Trinajstić information content (AvgIpc) is 2.81. The lowest BCUT2D eigenvalue weighted by Gasteiger charge is -2.13. The van der Waals surface area contributed by atoms with E-state index in [0.717, 1.165) is 17.3 Å². The van der Waals surface area contributed by atoms with Gasteiger partial charge in [0.15, 0.2) is 5.82 Å². The van der Waals surface area contributed by atoms with Crippen molar-refractivity contribution in [2.24, 2.45) is 0 Å². The minimum absolute atomic E-state index is 0.0573. The standard InChI is InChI=1S/C11H17N7/c1-6(2)10-12-7(3)5-9(14-10)13-8(4)11-15-17-18-16-11/h5-6,8H,1-4H3,(H,12,13,14)(H,15,16,17,18). The van der Waals surface area contributed by atoms with Crippen LogP contribution in [0.3, 0.4) is 0 Å². The Morgan fingerprint density at radius 1 is 1.17 bits per heavy atom. The molecule has 0 radical (unpaired) electrons. The Hall–Kier alpha value is -2.05. The van der Waals surface area contributed by atoms with Crippen molar-refractivity contribution in [2.75, 3.05) is 5.32 Å². The normalized spacial score (nSPS) is 12.7. The molecule has 18 heavy (non-hydrogen) atoms. The van der Waals surface area contributed by atoms with E-state index in [4.69, 9.17) is 0 Å². The zero-order valence-corrected chi connectivity index (χ0v) is 11.0. The van der Waals surface area contributed by atoms with Gasteiger partial charge in [-0.1, -0.05) is 19.1 Å². The molecule has 0 saturated carbocycles. The summed E-state index contributed by atoms with van der Waals surface area (Å²) >= 11 is 0. The highest BCUT2D eigenvalue weighted by atomic mass is 15.5. The molecule has 2 aromatic rings. The monoisotopic (exact) mass is 247 g/mol. The minimum Gasteiger partial charge on any atom is -0.360 e. The van der Waals surface area contributed by atoms with Crippen molar-refractivity contribution in [3.8, 4) is 0 Å². The third-order valence-electron chi connectivity index (χ3n) is 2.50. The van der Waals surface area contributed by atoms with Crippen LogP contribution in [0.15, 0.2) is 6.07 Å². The van der Waals surface area contributed by atoms with E-state index in [1.165, 1.54) is 0 Å². The van der Waals surface area contributed by atoms with Crippen molar-refractivity contribution in [1.82, 2.24) is 30.6 Å². The van der Waals surface area contributed by atoms with Crippen LogP contribution in [0, 0.1) is 6.92 Å². The van der Waals surface area contributed by atoms with E-state index >= 15 is 0 Å². The van der Waals surface area contributed by atoms with Gasteiger partial charge in [0, 0.05) is 17.7 Å². The van der Waals surface area contributed by atoms with Crippen LogP contribution in [0.5, 0.6) is 0 Å². The van der Waals surface area contributed by atoms with Crippen LogP contribution in [0.2, 0.25) is 0 Å². The molecule has 2 aromatic heterocycles. The molecule has 0 spiro atoms. The largest absolute Gasteiger partial charge is 0.360 e. The minimum atomic E-state index is -0.0573. The molecule has 0 aliphatic heterocycles. The van der Waals surface area contributed by atoms with Gasteiger partial charge in [-0.05, 0) is 13.8 Å². The van der Waals surface area contributed by atoms with Gasteiger partial charge >= 0.3 is 0 Å². The van der Waals surface area contributed by atoms with E-state index in [9.17, 15) is 0 Å². The molecule has 1 atom stereocenters.